The summed E-state index contributed by atoms with van der Waals surface area (Å²) in [5, 5.41) is 10.5. The van der Waals surface area contributed by atoms with Crippen molar-refractivity contribution in [1.29, 1.82) is 0 Å². The monoisotopic (exact) mass is 197 g/mol. The van der Waals surface area contributed by atoms with Gasteiger partial charge in [0.1, 0.15) is 0 Å². The van der Waals surface area contributed by atoms with Crippen LogP contribution in [0.15, 0.2) is 17.3 Å². The first kappa shape index (κ1) is 10.5. The molecular formula is C10H15NOS. The first-order valence-electron chi connectivity index (χ1n) is 4.36. The Morgan fingerprint density at radius 3 is 2.69 bits per heavy atom. The second-order valence-electron chi connectivity index (χ2n) is 3.29. The van der Waals surface area contributed by atoms with Crippen LogP contribution in [0.3, 0.4) is 0 Å². The Labute approximate surface area is 83.4 Å². The highest BCUT2D eigenvalue weighted by Crippen LogP contribution is 2.24. The smallest absolute Gasteiger partial charge is 0.0991 e. The van der Waals surface area contributed by atoms with Crippen molar-refractivity contribution in [2.75, 3.05) is 0 Å². The topological polar surface area (TPSA) is 33.1 Å². The number of aryl methyl sites for hydroxylation is 1. The van der Waals surface area contributed by atoms with Crippen molar-refractivity contribution in [1.82, 2.24) is 4.98 Å². The van der Waals surface area contributed by atoms with Gasteiger partial charge in [-0.3, -0.25) is 0 Å². The highest BCUT2D eigenvalue weighted by molar-refractivity contribution is 7.99. The van der Waals surface area contributed by atoms with E-state index in [0.29, 0.717) is 5.25 Å². The van der Waals surface area contributed by atoms with Gasteiger partial charge < -0.3 is 5.11 Å². The Bertz CT molecular complexity index is 286. The van der Waals surface area contributed by atoms with Gasteiger partial charge in [0.05, 0.1) is 11.6 Å². The molecule has 1 rings (SSSR count). The van der Waals surface area contributed by atoms with Gasteiger partial charge in [-0.05, 0) is 24.1 Å². The van der Waals surface area contributed by atoms with E-state index in [1.54, 1.807) is 18.0 Å². The minimum absolute atomic E-state index is 0.0699. The lowest BCUT2D eigenvalue weighted by Crippen LogP contribution is -1.94. The summed E-state index contributed by atoms with van der Waals surface area (Å²) in [6.07, 6.45) is 1.73. The predicted octanol–water partition coefficient (Wildman–Crippen LogP) is 2.38. The van der Waals surface area contributed by atoms with E-state index in [1.165, 1.54) is 0 Å². The molecule has 3 heteroatoms. The fourth-order valence-electron chi connectivity index (χ4n) is 1.05. The standard InChI is InChI=1S/C10H15NOS/c1-7(2)13-10-8(3)4-9(6-12)5-11-10/h4-5,7,12H,6H2,1-3H3. The molecule has 1 heterocycles. The number of thioether (sulfide) groups is 1. The summed E-state index contributed by atoms with van der Waals surface area (Å²) in [6.45, 7) is 6.38. The van der Waals surface area contributed by atoms with E-state index in [0.717, 1.165) is 16.2 Å². The first-order chi connectivity index (χ1) is 6.13. The van der Waals surface area contributed by atoms with Crippen LogP contribution in [-0.2, 0) is 6.61 Å². The second-order valence-corrected chi connectivity index (χ2v) is 4.86. The Morgan fingerprint density at radius 2 is 2.23 bits per heavy atom. The molecule has 0 unspecified atom stereocenters. The maximum absolute atomic E-state index is 8.89. The quantitative estimate of drug-likeness (QED) is 0.755. The van der Waals surface area contributed by atoms with Gasteiger partial charge in [0, 0.05) is 11.4 Å². The molecule has 0 bridgehead atoms. The lowest BCUT2D eigenvalue weighted by Gasteiger charge is -2.07. The number of hydrogen-bond donors (Lipinski definition) is 1. The van der Waals surface area contributed by atoms with Crippen molar-refractivity contribution in [3.63, 3.8) is 0 Å². The normalized spacial score (nSPS) is 10.8. The Hall–Kier alpha value is -0.540. The average molecular weight is 197 g/mol. The van der Waals surface area contributed by atoms with Gasteiger partial charge in [-0.15, -0.1) is 11.8 Å². The molecule has 0 aliphatic rings. The van der Waals surface area contributed by atoms with Gasteiger partial charge in [0.2, 0.25) is 0 Å². The van der Waals surface area contributed by atoms with Crippen molar-refractivity contribution in [3.8, 4) is 0 Å². The molecule has 2 nitrogen and oxygen atoms in total. The zero-order valence-corrected chi connectivity index (χ0v) is 9.06. The van der Waals surface area contributed by atoms with Crippen molar-refractivity contribution < 1.29 is 5.11 Å². The van der Waals surface area contributed by atoms with Crippen LogP contribution in [0.5, 0.6) is 0 Å². The van der Waals surface area contributed by atoms with E-state index in [4.69, 9.17) is 5.11 Å². The van der Waals surface area contributed by atoms with Gasteiger partial charge in [0.15, 0.2) is 0 Å². The molecule has 0 saturated carbocycles. The molecule has 0 saturated heterocycles. The van der Waals surface area contributed by atoms with Gasteiger partial charge in [-0.2, -0.15) is 0 Å². The molecular weight excluding hydrogens is 182 g/mol. The van der Waals surface area contributed by atoms with Crippen molar-refractivity contribution in [2.24, 2.45) is 0 Å². The Morgan fingerprint density at radius 1 is 1.54 bits per heavy atom. The number of aliphatic hydroxyl groups excluding tert-OH is 1. The molecule has 13 heavy (non-hydrogen) atoms. The van der Waals surface area contributed by atoms with E-state index in [-0.39, 0.29) is 6.61 Å². The number of hydrogen-bond acceptors (Lipinski definition) is 3. The number of pyridine rings is 1. The van der Waals surface area contributed by atoms with E-state index < -0.39 is 0 Å². The molecule has 1 N–H and O–H groups in total. The van der Waals surface area contributed by atoms with Gasteiger partial charge >= 0.3 is 0 Å². The van der Waals surface area contributed by atoms with Crippen LogP contribution in [0.2, 0.25) is 0 Å². The zero-order valence-electron chi connectivity index (χ0n) is 8.24. The number of aliphatic hydroxyl groups is 1. The van der Waals surface area contributed by atoms with Crippen molar-refractivity contribution in [2.45, 2.75) is 37.7 Å². The van der Waals surface area contributed by atoms with E-state index >= 15 is 0 Å². The Kier molecular flexibility index (Phi) is 3.75. The van der Waals surface area contributed by atoms with Crippen LogP contribution < -0.4 is 0 Å². The maximum atomic E-state index is 8.89. The van der Waals surface area contributed by atoms with Crippen molar-refractivity contribution in [3.05, 3.63) is 23.4 Å². The van der Waals surface area contributed by atoms with Gasteiger partial charge in [-0.1, -0.05) is 13.8 Å². The highest BCUT2D eigenvalue weighted by atomic mass is 32.2. The first-order valence-corrected chi connectivity index (χ1v) is 5.24. The van der Waals surface area contributed by atoms with Crippen LogP contribution in [0.1, 0.15) is 25.0 Å². The summed E-state index contributed by atoms with van der Waals surface area (Å²) in [5.41, 5.74) is 2.02. The molecule has 0 atom stereocenters. The van der Waals surface area contributed by atoms with Crippen molar-refractivity contribution >= 4 is 11.8 Å². The summed E-state index contributed by atoms with van der Waals surface area (Å²) < 4.78 is 0. The molecule has 1 aromatic rings. The molecule has 0 aromatic carbocycles. The summed E-state index contributed by atoms with van der Waals surface area (Å²) in [5.74, 6) is 0. The number of nitrogens with zero attached hydrogens (tertiary/aromatic N) is 1. The third kappa shape index (κ3) is 3.01. The summed E-state index contributed by atoms with van der Waals surface area (Å²) in [6, 6.07) is 1.98. The molecule has 0 spiro atoms. The third-order valence-electron chi connectivity index (χ3n) is 1.62. The zero-order chi connectivity index (χ0) is 9.84. The fourth-order valence-corrected chi connectivity index (χ4v) is 1.86. The maximum Gasteiger partial charge on any atom is 0.0991 e. The van der Waals surface area contributed by atoms with Crippen LogP contribution in [-0.4, -0.2) is 15.3 Å². The summed E-state index contributed by atoms with van der Waals surface area (Å²) in [4.78, 5) is 4.29. The Balaban J connectivity index is 2.85. The minimum Gasteiger partial charge on any atom is -0.392 e. The van der Waals surface area contributed by atoms with E-state index in [9.17, 15) is 0 Å². The van der Waals surface area contributed by atoms with Crippen LogP contribution in [0, 0.1) is 6.92 Å². The van der Waals surface area contributed by atoms with Crippen LogP contribution in [0.25, 0.3) is 0 Å². The molecule has 1 aromatic heterocycles. The number of aromatic nitrogens is 1. The SMILES string of the molecule is Cc1cc(CO)cnc1SC(C)C. The van der Waals surface area contributed by atoms with Gasteiger partial charge in [-0.25, -0.2) is 4.98 Å². The fraction of sp³-hybridized carbons (Fsp3) is 0.500. The lowest BCUT2D eigenvalue weighted by atomic mass is 10.2. The highest BCUT2D eigenvalue weighted by Gasteiger charge is 2.04. The summed E-state index contributed by atoms with van der Waals surface area (Å²) >= 11 is 1.75. The van der Waals surface area contributed by atoms with Crippen LogP contribution in [0.4, 0.5) is 0 Å². The van der Waals surface area contributed by atoms with Gasteiger partial charge in [0.25, 0.3) is 0 Å². The second kappa shape index (κ2) is 4.63. The lowest BCUT2D eigenvalue weighted by molar-refractivity contribution is 0.281. The molecule has 0 fully saturated rings. The van der Waals surface area contributed by atoms with Crippen LogP contribution >= 0.6 is 11.8 Å². The van der Waals surface area contributed by atoms with E-state index in [2.05, 4.69) is 18.8 Å². The predicted molar refractivity (Wildman–Crippen MR) is 55.9 cm³/mol. The average Bonchev–Trinajstić information content (AvgIpc) is 2.08. The molecule has 72 valence electrons. The molecule has 0 aliphatic heterocycles. The largest absolute Gasteiger partial charge is 0.392 e. The molecule has 0 amide bonds. The summed E-state index contributed by atoms with van der Waals surface area (Å²) in [7, 11) is 0. The minimum atomic E-state index is 0.0699. The molecule has 0 radical (unpaired) electrons. The number of rotatable bonds is 3. The molecule has 0 aliphatic carbocycles. The van der Waals surface area contributed by atoms with E-state index in [1.807, 2.05) is 13.0 Å². The third-order valence-corrected chi connectivity index (χ3v) is 2.74.